The lowest BCUT2D eigenvalue weighted by molar-refractivity contribution is 0.659. The summed E-state index contributed by atoms with van der Waals surface area (Å²) in [5.41, 5.74) is 8.64. The minimum Gasteiger partial charge on any atom is -0.369 e. The van der Waals surface area contributed by atoms with E-state index in [1.165, 1.54) is 0 Å². The molecule has 3 aromatic rings. The van der Waals surface area contributed by atoms with E-state index in [0.717, 1.165) is 21.2 Å². The molecule has 3 rings (SSSR count). The highest BCUT2D eigenvalue weighted by atomic mass is 79.9. The van der Waals surface area contributed by atoms with Crippen molar-refractivity contribution in [1.29, 1.82) is 0 Å². The SMILES string of the molecule is CC(c1cccnc1)n1c(N)nc2cc(Br)cnc21. The average Bonchev–Trinajstić information content (AvgIpc) is 2.74. The third kappa shape index (κ3) is 2.08. The van der Waals surface area contributed by atoms with Crippen LogP contribution in [-0.2, 0) is 0 Å². The minimum atomic E-state index is 0.0346. The number of rotatable bonds is 2. The van der Waals surface area contributed by atoms with Crippen molar-refractivity contribution in [2.75, 3.05) is 5.73 Å². The maximum Gasteiger partial charge on any atom is 0.203 e. The summed E-state index contributed by atoms with van der Waals surface area (Å²) in [4.78, 5) is 12.9. The lowest BCUT2D eigenvalue weighted by Gasteiger charge is -2.15. The van der Waals surface area contributed by atoms with Crippen molar-refractivity contribution in [3.8, 4) is 0 Å². The van der Waals surface area contributed by atoms with Gasteiger partial charge in [-0.2, -0.15) is 0 Å². The second-order valence-corrected chi connectivity index (χ2v) is 5.21. The van der Waals surface area contributed by atoms with Crippen LogP contribution in [0.2, 0.25) is 0 Å². The molecule has 0 bridgehead atoms. The van der Waals surface area contributed by atoms with Crippen LogP contribution in [0.4, 0.5) is 5.95 Å². The first-order chi connectivity index (χ1) is 9.16. The van der Waals surface area contributed by atoms with Gasteiger partial charge in [-0.05, 0) is 40.5 Å². The van der Waals surface area contributed by atoms with E-state index >= 15 is 0 Å². The van der Waals surface area contributed by atoms with Gasteiger partial charge in [0.05, 0.1) is 6.04 Å². The Balaban J connectivity index is 2.17. The van der Waals surface area contributed by atoms with E-state index in [4.69, 9.17) is 5.73 Å². The number of nitrogens with zero attached hydrogens (tertiary/aromatic N) is 4. The van der Waals surface area contributed by atoms with Crippen molar-refractivity contribution < 1.29 is 0 Å². The number of nitrogens with two attached hydrogens (primary N) is 1. The van der Waals surface area contributed by atoms with E-state index < -0.39 is 0 Å². The molecule has 5 nitrogen and oxygen atoms in total. The number of pyridine rings is 2. The molecule has 1 unspecified atom stereocenters. The van der Waals surface area contributed by atoms with Crippen LogP contribution in [0, 0.1) is 0 Å². The zero-order valence-corrected chi connectivity index (χ0v) is 11.9. The molecule has 0 aliphatic heterocycles. The third-order valence-electron chi connectivity index (χ3n) is 3.08. The standard InChI is InChI=1S/C13H12BrN5/c1-8(9-3-2-4-16-6-9)19-12-11(18-13(19)15)5-10(14)7-17-12/h2-8H,1H3,(H2,15,18). The molecule has 96 valence electrons. The van der Waals surface area contributed by atoms with E-state index in [9.17, 15) is 0 Å². The number of hydrogen-bond acceptors (Lipinski definition) is 4. The number of hydrogen-bond donors (Lipinski definition) is 1. The van der Waals surface area contributed by atoms with Crippen LogP contribution in [0.25, 0.3) is 11.2 Å². The van der Waals surface area contributed by atoms with Gasteiger partial charge in [-0.25, -0.2) is 9.97 Å². The molecule has 0 radical (unpaired) electrons. The van der Waals surface area contributed by atoms with Gasteiger partial charge in [-0.15, -0.1) is 0 Å². The van der Waals surface area contributed by atoms with E-state index in [0.29, 0.717) is 5.95 Å². The van der Waals surface area contributed by atoms with Crippen LogP contribution < -0.4 is 5.73 Å². The Hall–Kier alpha value is -1.95. The molecule has 0 amide bonds. The Labute approximate surface area is 118 Å². The van der Waals surface area contributed by atoms with Gasteiger partial charge in [0, 0.05) is 23.1 Å². The number of nitrogen functional groups attached to an aromatic ring is 1. The molecular formula is C13H12BrN5. The molecule has 0 saturated heterocycles. The van der Waals surface area contributed by atoms with Crippen molar-refractivity contribution in [3.63, 3.8) is 0 Å². The lowest BCUT2D eigenvalue weighted by atomic mass is 10.1. The number of halogens is 1. The number of anilines is 1. The Kier molecular flexibility index (Phi) is 2.94. The summed E-state index contributed by atoms with van der Waals surface area (Å²) < 4.78 is 2.80. The highest BCUT2D eigenvalue weighted by molar-refractivity contribution is 9.10. The Morgan fingerprint density at radius 3 is 2.95 bits per heavy atom. The highest BCUT2D eigenvalue weighted by Crippen LogP contribution is 2.26. The normalized spacial score (nSPS) is 12.7. The number of aromatic nitrogens is 4. The maximum atomic E-state index is 6.02. The number of imidazole rings is 1. The molecule has 1 atom stereocenters. The summed E-state index contributed by atoms with van der Waals surface area (Å²) in [7, 11) is 0. The third-order valence-corrected chi connectivity index (χ3v) is 3.51. The Morgan fingerprint density at radius 1 is 1.37 bits per heavy atom. The molecule has 0 aliphatic carbocycles. The fourth-order valence-electron chi connectivity index (χ4n) is 2.13. The fraction of sp³-hybridized carbons (Fsp3) is 0.154. The monoisotopic (exact) mass is 317 g/mol. The molecular weight excluding hydrogens is 306 g/mol. The molecule has 19 heavy (non-hydrogen) atoms. The molecule has 0 aromatic carbocycles. The van der Waals surface area contributed by atoms with Crippen molar-refractivity contribution in [2.24, 2.45) is 0 Å². The van der Waals surface area contributed by atoms with Gasteiger partial charge < -0.3 is 5.73 Å². The average molecular weight is 318 g/mol. The maximum absolute atomic E-state index is 6.02. The summed E-state index contributed by atoms with van der Waals surface area (Å²) >= 11 is 3.39. The summed E-state index contributed by atoms with van der Waals surface area (Å²) in [5, 5.41) is 0. The van der Waals surface area contributed by atoms with Gasteiger partial charge in [0.2, 0.25) is 5.95 Å². The van der Waals surface area contributed by atoms with Crippen molar-refractivity contribution in [1.82, 2.24) is 19.5 Å². The molecule has 0 saturated carbocycles. The Morgan fingerprint density at radius 2 is 2.21 bits per heavy atom. The van der Waals surface area contributed by atoms with E-state index in [1.54, 1.807) is 12.4 Å². The summed E-state index contributed by atoms with van der Waals surface area (Å²) in [6, 6.07) is 5.87. The molecule has 2 N–H and O–H groups in total. The Bertz CT molecular complexity index is 722. The van der Waals surface area contributed by atoms with Crippen LogP contribution in [0.5, 0.6) is 0 Å². The fourth-order valence-corrected chi connectivity index (χ4v) is 2.45. The van der Waals surface area contributed by atoms with Gasteiger partial charge in [0.15, 0.2) is 5.65 Å². The van der Waals surface area contributed by atoms with Gasteiger partial charge >= 0.3 is 0 Å². The minimum absolute atomic E-state index is 0.0346. The topological polar surface area (TPSA) is 69.6 Å². The van der Waals surface area contributed by atoms with Crippen molar-refractivity contribution in [2.45, 2.75) is 13.0 Å². The quantitative estimate of drug-likeness (QED) is 0.789. The van der Waals surface area contributed by atoms with Crippen LogP contribution in [0.3, 0.4) is 0 Å². The number of fused-ring (bicyclic) bond motifs is 1. The van der Waals surface area contributed by atoms with Gasteiger partial charge in [0.1, 0.15) is 5.52 Å². The lowest BCUT2D eigenvalue weighted by Crippen LogP contribution is -2.10. The predicted molar refractivity (Wildman–Crippen MR) is 77.7 cm³/mol. The van der Waals surface area contributed by atoms with Crippen LogP contribution >= 0.6 is 15.9 Å². The first-order valence-corrected chi connectivity index (χ1v) is 6.65. The van der Waals surface area contributed by atoms with Crippen LogP contribution in [0.15, 0.2) is 41.3 Å². The molecule has 0 aliphatic rings. The van der Waals surface area contributed by atoms with E-state index in [1.807, 2.05) is 29.0 Å². The van der Waals surface area contributed by atoms with Crippen molar-refractivity contribution in [3.05, 3.63) is 46.8 Å². The molecule has 3 aromatic heterocycles. The van der Waals surface area contributed by atoms with Gasteiger partial charge in [-0.3, -0.25) is 9.55 Å². The molecule has 0 fully saturated rings. The summed E-state index contributed by atoms with van der Waals surface area (Å²) in [5.74, 6) is 0.456. The van der Waals surface area contributed by atoms with E-state index in [-0.39, 0.29) is 6.04 Å². The van der Waals surface area contributed by atoms with Crippen molar-refractivity contribution >= 4 is 33.0 Å². The molecule has 0 spiro atoms. The highest BCUT2D eigenvalue weighted by Gasteiger charge is 2.16. The second kappa shape index (κ2) is 4.62. The van der Waals surface area contributed by atoms with E-state index in [2.05, 4.69) is 37.8 Å². The largest absolute Gasteiger partial charge is 0.369 e. The summed E-state index contributed by atoms with van der Waals surface area (Å²) in [6.07, 6.45) is 5.33. The first-order valence-electron chi connectivity index (χ1n) is 5.85. The first kappa shape index (κ1) is 12.1. The van der Waals surface area contributed by atoms with Gasteiger partial charge in [0.25, 0.3) is 0 Å². The smallest absolute Gasteiger partial charge is 0.203 e. The molecule has 6 heteroatoms. The zero-order valence-electron chi connectivity index (χ0n) is 10.3. The predicted octanol–water partition coefficient (Wildman–Crippen LogP) is 2.78. The summed E-state index contributed by atoms with van der Waals surface area (Å²) in [6.45, 7) is 2.05. The second-order valence-electron chi connectivity index (χ2n) is 4.30. The van der Waals surface area contributed by atoms with Crippen LogP contribution in [-0.4, -0.2) is 19.5 Å². The van der Waals surface area contributed by atoms with Gasteiger partial charge in [-0.1, -0.05) is 6.07 Å². The molecule has 3 heterocycles. The van der Waals surface area contributed by atoms with Crippen LogP contribution in [0.1, 0.15) is 18.5 Å². The zero-order chi connectivity index (χ0) is 13.4.